The van der Waals surface area contributed by atoms with Crippen molar-refractivity contribution in [1.82, 2.24) is 24.5 Å². The summed E-state index contributed by atoms with van der Waals surface area (Å²) >= 11 is 1.25. The Bertz CT molecular complexity index is 967. The van der Waals surface area contributed by atoms with Crippen LogP contribution in [0.2, 0.25) is 0 Å². The zero-order chi connectivity index (χ0) is 21.0. The van der Waals surface area contributed by atoms with Crippen LogP contribution in [0.3, 0.4) is 0 Å². The monoisotopic (exact) mass is 452 g/mol. The van der Waals surface area contributed by atoms with Crippen molar-refractivity contribution >= 4 is 33.4 Å². The maximum atomic E-state index is 12.6. The third kappa shape index (κ3) is 4.99. The normalized spacial score (nSPS) is 19.9. The van der Waals surface area contributed by atoms with Crippen LogP contribution in [-0.4, -0.2) is 70.4 Å². The molecule has 0 aliphatic carbocycles. The molecule has 30 heavy (non-hydrogen) atoms. The summed E-state index contributed by atoms with van der Waals surface area (Å²) in [6.07, 6.45) is 3.91. The second kappa shape index (κ2) is 9.41. The van der Waals surface area contributed by atoms with E-state index < -0.39 is 10.0 Å². The summed E-state index contributed by atoms with van der Waals surface area (Å²) < 4.78 is 33.9. The van der Waals surface area contributed by atoms with Crippen LogP contribution in [0.5, 0.6) is 0 Å². The first-order valence-electron chi connectivity index (χ1n) is 9.93. The van der Waals surface area contributed by atoms with Crippen molar-refractivity contribution in [2.45, 2.75) is 48.4 Å². The van der Waals surface area contributed by atoms with E-state index in [9.17, 15) is 13.2 Å². The number of sulfonamides is 1. The van der Waals surface area contributed by atoms with Crippen LogP contribution in [0.4, 0.5) is 5.69 Å². The van der Waals surface area contributed by atoms with Crippen LogP contribution in [0.25, 0.3) is 0 Å². The Morgan fingerprint density at radius 2 is 1.97 bits per heavy atom. The van der Waals surface area contributed by atoms with Crippen molar-refractivity contribution in [1.29, 1.82) is 0 Å². The SMILES string of the molecule is O=C(CSc1nnnn1CC1CCCO1)Nc1ccc(S(=O)(=O)N2CCCC2)cc1. The molecule has 1 unspecified atom stereocenters. The molecule has 0 radical (unpaired) electrons. The maximum Gasteiger partial charge on any atom is 0.243 e. The van der Waals surface area contributed by atoms with Gasteiger partial charge in [-0.05, 0) is 60.4 Å². The summed E-state index contributed by atoms with van der Waals surface area (Å²) in [6, 6.07) is 6.26. The summed E-state index contributed by atoms with van der Waals surface area (Å²) in [7, 11) is -3.46. The van der Waals surface area contributed by atoms with E-state index >= 15 is 0 Å². The zero-order valence-electron chi connectivity index (χ0n) is 16.4. The van der Waals surface area contributed by atoms with Gasteiger partial charge in [0, 0.05) is 25.4 Å². The van der Waals surface area contributed by atoms with Crippen molar-refractivity contribution in [3.8, 4) is 0 Å². The first kappa shape index (κ1) is 21.2. The molecular weight excluding hydrogens is 428 g/mol. The van der Waals surface area contributed by atoms with Crippen LogP contribution in [0.1, 0.15) is 25.7 Å². The minimum atomic E-state index is -3.46. The number of anilines is 1. The Balaban J connectivity index is 1.30. The number of hydrogen-bond acceptors (Lipinski definition) is 8. The highest BCUT2D eigenvalue weighted by Gasteiger charge is 2.27. The van der Waals surface area contributed by atoms with Crippen LogP contribution < -0.4 is 5.32 Å². The molecule has 0 saturated carbocycles. The molecule has 1 aromatic heterocycles. The van der Waals surface area contributed by atoms with Gasteiger partial charge >= 0.3 is 0 Å². The first-order chi connectivity index (χ1) is 14.5. The molecule has 1 amide bonds. The Morgan fingerprint density at radius 3 is 2.67 bits per heavy atom. The summed E-state index contributed by atoms with van der Waals surface area (Å²) in [5.74, 6) is -0.0819. The molecule has 2 aliphatic rings. The number of carbonyl (C=O) groups excluding carboxylic acids is 1. The highest BCUT2D eigenvalue weighted by atomic mass is 32.2. The Labute approximate surface area is 179 Å². The molecule has 10 nitrogen and oxygen atoms in total. The fraction of sp³-hybridized carbons (Fsp3) is 0.556. The molecule has 3 heterocycles. The van der Waals surface area contributed by atoms with E-state index in [1.165, 1.54) is 28.2 Å². The minimum Gasteiger partial charge on any atom is -0.376 e. The number of amides is 1. The van der Waals surface area contributed by atoms with Gasteiger partial charge in [0.2, 0.25) is 21.1 Å². The van der Waals surface area contributed by atoms with E-state index in [0.717, 1.165) is 32.3 Å². The smallest absolute Gasteiger partial charge is 0.243 e. The number of tetrazole rings is 1. The Kier molecular flexibility index (Phi) is 6.66. The van der Waals surface area contributed by atoms with Crippen LogP contribution in [-0.2, 0) is 26.1 Å². The third-order valence-electron chi connectivity index (χ3n) is 5.07. The highest BCUT2D eigenvalue weighted by molar-refractivity contribution is 7.99. The van der Waals surface area contributed by atoms with Crippen LogP contribution >= 0.6 is 11.8 Å². The molecule has 0 bridgehead atoms. The van der Waals surface area contributed by atoms with Gasteiger partial charge in [-0.25, -0.2) is 13.1 Å². The predicted octanol–water partition coefficient (Wildman–Crippen LogP) is 1.37. The third-order valence-corrected chi connectivity index (χ3v) is 7.94. The van der Waals surface area contributed by atoms with E-state index in [4.69, 9.17) is 4.74 Å². The lowest BCUT2D eigenvalue weighted by atomic mass is 10.2. The second-order valence-electron chi connectivity index (χ2n) is 7.25. The number of thioether (sulfide) groups is 1. The fourth-order valence-corrected chi connectivity index (χ4v) is 5.71. The zero-order valence-corrected chi connectivity index (χ0v) is 18.1. The fourth-order valence-electron chi connectivity index (χ4n) is 3.51. The highest BCUT2D eigenvalue weighted by Crippen LogP contribution is 2.23. The van der Waals surface area contributed by atoms with Gasteiger partial charge in [-0.15, -0.1) is 5.10 Å². The topological polar surface area (TPSA) is 119 Å². The largest absolute Gasteiger partial charge is 0.376 e. The van der Waals surface area contributed by atoms with Gasteiger partial charge < -0.3 is 10.1 Å². The molecule has 1 N–H and O–H groups in total. The molecule has 2 fully saturated rings. The lowest BCUT2D eigenvalue weighted by Crippen LogP contribution is -2.27. The van der Waals surface area contributed by atoms with Crippen LogP contribution in [0, 0.1) is 0 Å². The molecule has 12 heteroatoms. The number of rotatable bonds is 8. The summed E-state index contributed by atoms with van der Waals surface area (Å²) in [5, 5.41) is 15.0. The molecule has 1 aromatic carbocycles. The summed E-state index contributed by atoms with van der Waals surface area (Å²) in [4.78, 5) is 12.5. The van der Waals surface area contributed by atoms with Crippen molar-refractivity contribution in [3.05, 3.63) is 24.3 Å². The van der Waals surface area contributed by atoms with Gasteiger partial charge in [0.05, 0.1) is 23.3 Å². The predicted molar refractivity (Wildman–Crippen MR) is 111 cm³/mol. The molecule has 1 atom stereocenters. The molecule has 0 spiro atoms. The van der Waals surface area contributed by atoms with Gasteiger partial charge in [0.1, 0.15) is 0 Å². The molecule has 2 aromatic rings. The first-order valence-corrected chi connectivity index (χ1v) is 12.4. The van der Waals surface area contributed by atoms with E-state index in [1.807, 2.05) is 0 Å². The number of benzene rings is 1. The van der Waals surface area contributed by atoms with E-state index in [1.54, 1.807) is 16.8 Å². The van der Waals surface area contributed by atoms with E-state index in [2.05, 4.69) is 20.8 Å². The van der Waals surface area contributed by atoms with Gasteiger partial charge in [-0.1, -0.05) is 11.8 Å². The Hall–Kier alpha value is -2.02. The molecule has 4 rings (SSSR count). The molecule has 2 saturated heterocycles. The molecule has 2 aliphatic heterocycles. The van der Waals surface area contributed by atoms with Gasteiger partial charge in [-0.3, -0.25) is 4.79 Å². The number of ether oxygens (including phenoxy) is 1. The quantitative estimate of drug-likeness (QED) is 0.597. The number of nitrogens with one attached hydrogen (secondary N) is 1. The molecule has 162 valence electrons. The second-order valence-corrected chi connectivity index (χ2v) is 10.1. The number of aromatic nitrogens is 4. The molecular formula is C18H24N6O4S2. The standard InChI is InChI=1S/C18H24N6O4S2/c25-17(13-29-18-20-21-22-24(18)12-15-4-3-11-28-15)19-14-5-7-16(8-6-14)30(26,27)23-9-1-2-10-23/h5-8,15H,1-4,9-13H2,(H,19,25). The lowest BCUT2D eigenvalue weighted by Gasteiger charge is -2.15. The average Bonchev–Trinajstić information content (AvgIpc) is 3.50. The van der Waals surface area contributed by atoms with E-state index in [-0.39, 0.29) is 22.7 Å². The van der Waals surface area contributed by atoms with Crippen LogP contribution in [0.15, 0.2) is 34.3 Å². The maximum absolute atomic E-state index is 12.6. The minimum absolute atomic E-state index is 0.108. The number of nitrogens with zero attached hydrogens (tertiary/aromatic N) is 5. The van der Waals surface area contributed by atoms with Crippen molar-refractivity contribution < 1.29 is 17.9 Å². The summed E-state index contributed by atoms with van der Waals surface area (Å²) in [5.41, 5.74) is 0.542. The summed E-state index contributed by atoms with van der Waals surface area (Å²) in [6.45, 7) is 2.45. The lowest BCUT2D eigenvalue weighted by molar-refractivity contribution is -0.113. The van der Waals surface area contributed by atoms with Crippen molar-refractivity contribution in [3.63, 3.8) is 0 Å². The van der Waals surface area contributed by atoms with E-state index in [0.29, 0.717) is 30.5 Å². The Morgan fingerprint density at radius 1 is 1.20 bits per heavy atom. The van der Waals surface area contributed by atoms with Gasteiger partial charge in [0.15, 0.2) is 0 Å². The van der Waals surface area contributed by atoms with Crippen molar-refractivity contribution in [2.75, 3.05) is 30.8 Å². The van der Waals surface area contributed by atoms with Crippen molar-refractivity contribution in [2.24, 2.45) is 0 Å². The number of hydrogen-bond donors (Lipinski definition) is 1. The van der Waals surface area contributed by atoms with Gasteiger partial charge in [-0.2, -0.15) is 4.31 Å². The van der Waals surface area contributed by atoms with Gasteiger partial charge in [0.25, 0.3) is 0 Å². The average molecular weight is 453 g/mol. The number of carbonyl (C=O) groups is 1.